The summed E-state index contributed by atoms with van der Waals surface area (Å²) in [5.41, 5.74) is 0.472. The third-order valence-electron chi connectivity index (χ3n) is 1.17. The van der Waals surface area contributed by atoms with Gasteiger partial charge in [0.05, 0.1) is 5.75 Å². The minimum absolute atomic E-state index is 0.221. The van der Waals surface area contributed by atoms with E-state index in [2.05, 4.69) is 6.92 Å². The normalized spacial score (nSPS) is 11.6. The smallest absolute Gasteiger partial charge is 0.264 e. The number of hydrogen-bond acceptors (Lipinski definition) is 3. The van der Waals surface area contributed by atoms with E-state index in [1.807, 2.05) is 0 Å². The molecule has 0 rings (SSSR count). The van der Waals surface area contributed by atoms with Crippen molar-refractivity contribution in [2.75, 3.05) is 5.75 Å². The van der Waals surface area contributed by atoms with Gasteiger partial charge < -0.3 is 0 Å². The fourth-order valence-corrected chi connectivity index (χ4v) is 1.06. The number of rotatable bonds is 3. The van der Waals surface area contributed by atoms with Crippen molar-refractivity contribution in [1.82, 2.24) is 0 Å². The quantitative estimate of drug-likeness (QED) is 0.423. The summed E-state index contributed by atoms with van der Waals surface area (Å²) in [5.74, 6) is -1.04. The maximum atomic E-state index is 9.89. The Labute approximate surface area is 118 Å². The molecule has 0 aromatic heterocycles. The van der Waals surface area contributed by atoms with Crippen molar-refractivity contribution in [2.24, 2.45) is 0 Å². The molecule has 0 atom stereocenters. The first-order chi connectivity index (χ1) is 6.24. The minimum Gasteiger partial charge on any atom is -0.286 e. The molecule has 0 amide bonds. The number of aliphatic carboxylic acids is 1. The number of carbonyl (C=O) groups is 1. The third kappa shape index (κ3) is 15.2. The molecule has 0 aliphatic heterocycles. The Morgan fingerprint density at radius 3 is 2.00 bits per heavy atom. The van der Waals surface area contributed by atoms with Crippen LogP contribution in [0.25, 0.3) is 0 Å². The van der Waals surface area contributed by atoms with Gasteiger partial charge in [0, 0.05) is 0 Å². The summed E-state index contributed by atoms with van der Waals surface area (Å²) in [6.45, 7) is 4.84. The predicted octanol–water partition coefficient (Wildman–Crippen LogP) is 0.242. The molecule has 1 radical (unpaired) electrons. The Balaban J connectivity index is 0. The molecule has 0 unspecified atom stereocenters. The van der Waals surface area contributed by atoms with E-state index in [1.54, 1.807) is 7.09 Å². The second-order valence-corrected chi connectivity index (χ2v) is 4.89. The van der Waals surface area contributed by atoms with Crippen molar-refractivity contribution < 1.29 is 22.9 Å². The first-order valence-electron chi connectivity index (χ1n) is 3.85. The molecule has 0 aliphatic carbocycles. The van der Waals surface area contributed by atoms with Gasteiger partial charge in [-0.1, -0.05) is 6.92 Å². The average Bonchev–Trinajstić information content (AvgIpc) is 2.01. The average molecular weight is 247 g/mol. The van der Waals surface area contributed by atoms with Crippen LogP contribution in [0.3, 0.4) is 0 Å². The molecule has 77 valence electrons. The molecule has 0 aliphatic rings. The van der Waals surface area contributed by atoms with E-state index >= 15 is 0 Å². The van der Waals surface area contributed by atoms with Gasteiger partial charge in [-0.3, -0.25) is 4.55 Å². The van der Waals surface area contributed by atoms with Crippen LogP contribution in [0, 0.1) is 6.92 Å². The van der Waals surface area contributed by atoms with Crippen molar-refractivity contribution in [3.63, 3.8) is 0 Å². The fourth-order valence-electron chi connectivity index (χ4n) is 0.306. The summed E-state index contributed by atoms with van der Waals surface area (Å²) in [5, 5.41) is 8.14. The molecular formula is C7H12KO5S. The van der Waals surface area contributed by atoms with Gasteiger partial charge in [0.25, 0.3) is 10.1 Å². The summed E-state index contributed by atoms with van der Waals surface area (Å²) in [6, 6.07) is 0. The Morgan fingerprint density at radius 2 is 2.00 bits per heavy atom. The molecule has 0 saturated heterocycles. The van der Waals surface area contributed by atoms with E-state index < -0.39 is 16.1 Å². The summed E-state index contributed by atoms with van der Waals surface area (Å²) >= 11 is 0.523. The third-order valence-corrected chi connectivity index (χ3v) is 3.33. The second kappa shape index (κ2) is 9.02. The zero-order valence-corrected chi connectivity index (χ0v) is 12.2. The first-order valence-corrected chi connectivity index (χ1v) is 7.26. The van der Waals surface area contributed by atoms with Gasteiger partial charge in [0.2, 0.25) is 0 Å². The van der Waals surface area contributed by atoms with Crippen LogP contribution >= 0.6 is 0 Å². The van der Waals surface area contributed by atoms with Gasteiger partial charge in [-0.25, -0.2) is 0 Å². The number of carboxylic acid groups (broad SMARTS) is 1. The van der Waals surface area contributed by atoms with E-state index in [-0.39, 0.29) is 12.2 Å². The largest absolute Gasteiger partial charge is 0.286 e. The van der Waals surface area contributed by atoms with Crippen LogP contribution in [-0.4, -0.2) is 78.8 Å². The Hall–Kier alpha value is 0.756. The van der Waals surface area contributed by atoms with Crippen molar-refractivity contribution in [3.05, 3.63) is 12.7 Å². The van der Waals surface area contributed by atoms with Crippen molar-refractivity contribution in [1.29, 1.82) is 0 Å². The van der Waals surface area contributed by atoms with E-state index in [4.69, 9.17) is 9.66 Å². The molecule has 0 saturated carbocycles. The summed E-state index contributed by atoms with van der Waals surface area (Å²) in [6.07, 6.45) is 0.221. The van der Waals surface area contributed by atoms with Gasteiger partial charge in [0.15, 0.2) is 0 Å². The standard InChI is InChI=1S/C4H5O2.C3H7O3S.K/c1-3(2)4(5)6;1-2-3-7(4,5)6;/h1H,2H3,(H,5,6);1-3H2,(H,4,5,6);. The predicted molar refractivity (Wildman–Crippen MR) is 53.5 cm³/mol. The second-order valence-electron chi connectivity index (χ2n) is 2.42. The Kier molecular flexibility index (Phi) is 11.1. The molecule has 14 heavy (non-hydrogen) atoms. The topological polar surface area (TPSA) is 91.7 Å². The van der Waals surface area contributed by atoms with E-state index in [9.17, 15) is 13.2 Å². The van der Waals surface area contributed by atoms with Crippen LogP contribution in [0.1, 0.15) is 13.3 Å². The molecule has 5 nitrogen and oxygen atoms in total. The first kappa shape index (κ1) is 17.2. The molecule has 2 N–H and O–H groups in total. The van der Waals surface area contributed by atoms with Crippen LogP contribution in [-0.2, 0) is 14.9 Å². The number of carboxylic acids is 1. The van der Waals surface area contributed by atoms with Crippen molar-refractivity contribution >= 4 is 65.0 Å². The number of hydrogen-bond donors (Lipinski definition) is 2. The zero-order valence-electron chi connectivity index (χ0n) is 8.23. The van der Waals surface area contributed by atoms with Crippen LogP contribution < -0.4 is 0 Å². The molecule has 0 heterocycles. The van der Waals surface area contributed by atoms with E-state index in [0.29, 0.717) is 54.5 Å². The molecule has 0 bridgehead atoms. The van der Waals surface area contributed by atoms with Gasteiger partial charge in [0.1, 0.15) is 0 Å². The Bertz CT molecular complexity index is 293. The monoisotopic (exact) mass is 247 g/mol. The fraction of sp³-hybridized carbons (Fsp3) is 0.429. The van der Waals surface area contributed by atoms with E-state index in [0.717, 1.165) is 0 Å². The van der Waals surface area contributed by atoms with Gasteiger partial charge in [-0.2, -0.15) is 8.42 Å². The zero-order chi connectivity index (χ0) is 11.8. The SMILES string of the molecule is CC(=[CH][K])C(=O)O.[CH2]CCS(=O)(=O)O. The van der Waals surface area contributed by atoms with Crippen LogP contribution in [0.4, 0.5) is 0 Å². The molecule has 0 aromatic carbocycles. The summed E-state index contributed by atoms with van der Waals surface area (Å²) in [7, 11) is -3.74. The van der Waals surface area contributed by atoms with Crippen molar-refractivity contribution in [3.8, 4) is 0 Å². The molecule has 0 aromatic rings. The van der Waals surface area contributed by atoms with Gasteiger partial charge >= 0.3 is 77.5 Å². The van der Waals surface area contributed by atoms with Crippen molar-refractivity contribution in [2.45, 2.75) is 13.3 Å². The summed E-state index contributed by atoms with van der Waals surface area (Å²) < 4.78 is 29.2. The Morgan fingerprint density at radius 1 is 1.57 bits per heavy atom. The van der Waals surface area contributed by atoms with Crippen LogP contribution in [0.5, 0.6) is 0 Å². The molecule has 0 spiro atoms. The van der Waals surface area contributed by atoms with E-state index in [1.165, 1.54) is 0 Å². The summed E-state index contributed by atoms with van der Waals surface area (Å²) in [4.78, 5) is 9.89. The maximum absolute atomic E-state index is 9.89. The van der Waals surface area contributed by atoms with Crippen LogP contribution in [0.15, 0.2) is 5.74 Å². The maximum Gasteiger partial charge on any atom is 0.264 e. The minimum atomic E-state index is -3.74. The molecule has 7 heteroatoms. The van der Waals surface area contributed by atoms with Gasteiger partial charge in [-0.05, 0) is 6.42 Å². The molecular weight excluding hydrogens is 235 g/mol. The van der Waals surface area contributed by atoms with Gasteiger partial charge in [-0.15, -0.1) is 0 Å². The van der Waals surface area contributed by atoms with Crippen LogP contribution in [0.2, 0.25) is 0 Å². The molecule has 0 fully saturated rings.